The molecule has 2 N–H and O–H groups in total. The maximum atomic E-state index is 12.0. The lowest BCUT2D eigenvalue weighted by atomic mass is 9.89. The summed E-state index contributed by atoms with van der Waals surface area (Å²) in [7, 11) is 0. The maximum absolute atomic E-state index is 12.0. The van der Waals surface area contributed by atoms with Crippen molar-refractivity contribution < 1.29 is 14.7 Å². The van der Waals surface area contributed by atoms with E-state index in [9.17, 15) is 9.59 Å². The first-order valence-corrected chi connectivity index (χ1v) is 6.37. The van der Waals surface area contributed by atoms with E-state index in [0.717, 1.165) is 0 Å². The van der Waals surface area contributed by atoms with Crippen molar-refractivity contribution in [1.82, 2.24) is 14.8 Å². The summed E-state index contributed by atoms with van der Waals surface area (Å²) >= 11 is 0. The number of hydrogen-bond acceptors (Lipinski definition) is 4. The molecule has 0 spiro atoms. The number of amides is 1. The SMILES string of the molecule is CC(C)(CC(=O)Nc1ccccc1-n1cncn1)C(=O)O. The molecule has 7 heteroatoms. The summed E-state index contributed by atoms with van der Waals surface area (Å²) in [5.41, 5.74) is 0.0948. The number of benzene rings is 1. The summed E-state index contributed by atoms with van der Waals surface area (Å²) in [6.07, 6.45) is 2.80. The second kappa shape index (κ2) is 5.74. The molecule has 1 aromatic heterocycles. The van der Waals surface area contributed by atoms with Crippen LogP contribution in [0.4, 0.5) is 5.69 Å². The minimum atomic E-state index is -1.12. The average Bonchev–Trinajstić information content (AvgIpc) is 2.92. The summed E-state index contributed by atoms with van der Waals surface area (Å²) in [5.74, 6) is -1.38. The number of anilines is 1. The second-order valence-electron chi connectivity index (χ2n) is 5.27. The van der Waals surface area contributed by atoms with Crippen molar-refractivity contribution >= 4 is 17.6 Å². The number of carbonyl (C=O) groups is 2. The molecule has 0 atom stereocenters. The van der Waals surface area contributed by atoms with Gasteiger partial charge < -0.3 is 10.4 Å². The number of carbonyl (C=O) groups excluding carboxylic acids is 1. The van der Waals surface area contributed by atoms with Gasteiger partial charge in [0.15, 0.2) is 0 Å². The van der Waals surface area contributed by atoms with Gasteiger partial charge >= 0.3 is 5.97 Å². The van der Waals surface area contributed by atoms with Gasteiger partial charge in [-0.1, -0.05) is 12.1 Å². The molecule has 0 aliphatic carbocycles. The number of aliphatic carboxylic acids is 1. The Morgan fingerprint density at radius 2 is 2.05 bits per heavy atom. The molecule has 0 saturated heterocycles. The lowest BCUT2D eigenvalue weighted by Gasteiger charge is -2.19. The molecule has 0 unspecified atom stereocenters. The van der Waals surface area contributed by atoms with Crippen LogP contribution in [0.5, 0.6) is 0 Å². The van der Waals surface area contributed by atoms with Crippen LogP contribution < -0.4 is 5.32 Å². The van der Waals surface area contributed by atoms with Crippen molar-refractivity contribution in [2.24, 2.45) is 5.41 Å². The zero-order valence-electron chi connectivity index (χ0n) is 11.8. The highest BCUT2D eigenvalue weighted by Gasteiger charge is 2.30. The van der Waals surface area contributed by atoms with Crippen LogP contribution in [0.3, 0.4) is 0 Å². The van der Waals surface area contributed by atoms with Crippen molar-refractivity contribution in [3.63, 3.8) is 0 Å². The third kappa shape index (κ3) is 3.44. The fourth-order valence-corrected chi connectivity index (χ4v) is 1.78. The molecule has 0 bridgehead atoms. The van der Waals surface area contributed by atoms with Crippen molar-refractivity contribution in [2.45, 2.75) is 20.3 Å². The third-order valence-electron chi connectivity index (χ3n) is 3.03. The molecule has 0 saturated carbocycles. The zero-order valence-corrected chi connectivity index (χ0v) is 11.8. The van der Waals surface area contributed by atoms with E-state index >= 15 is 0 Å². The molecule has 0 aliphatic heterocycles. The van der Waals surface area contributed by atoms with E-state index in [4.69, 9.17) is 5.11 Å². The zero-order chi connectivity index (χ0) is 15.5. The molecule has 1 amide bonds. The van der Waals surface area contributed by atoms with Gasteiger partial charge in [0.05, 0.1) is 16.8 Å². The van der Waals surface area contributed by atoms with Crippen molar-refractivity contribution in [3.05, 3.63) is 36.9 Å². The summed E-state index contributed by atoms with van der Waals surface area (Å²) in [6, 6.07) is 7.10. The van der Waals surface area contributed by atoms with Gasteiger partial charge in [-0.3, -0.25) is 9.59 Å². The third-order valence-corrected chi connectivity index (χ3v) is 3.03. The highest BCUT2D eigenvalue weighted by molar-refractivity contribution is 5.95. The van der Waals surface area contributed by atoms with Gasteiger partial charge in [0, 0.05) is 6.42 Å². The number of para-hydroxylation sites is 2. The predicted octanol–water partition coefficient (Wildman–Crippen LogP) is 1.71. The van der Waals surface area contributed by atoms with Gasteiger partial charge in [0.25, 0.3) is 0 Å². The molecule has 21 heavy (non-hydrogen) atoms. The van der Waals surface area contributed by atoms with Crippen LogP contribution in [0.1, 0.15) is 20.3 Å². The summed E-state index contributed by atoms with van der Waals surface area (Å²) in [6.45, 7) is 3.02. The van der Waals surface area contributed by atoms with Crippen LogP contribution in [0.25, 0.3) is 5.69 Å². The van der Waals surface area contributed by atoms with Gasteiger partial charge in [-0.15, -0.1) is 0 Å². The Hall–Kier alpha value is -2.70. The Morgan fingerprint density at radius 1 is 1.33 bits per heavy atom. The number of carboxylic acid groups (broad SMARTS) is 1. The van der Waals surface area contributed by atoms with Crippen LogP contribution in [0, 0.1) is 5.41 Å². The first-order valence-electron chi connectivity index (χ1n) is 6.37. The van der Waals surface area contributed by atoms with Crippen LogP contribution in [0.2, 0.25) is 0 Å². The molecule has 110 valence electrons. The molecular weight excluding hydrogens is 272 g/mol. The first-order chi connectivity index (χ1) is 9.90. The van der Waals surface area contributed by atoms with Gasteiger partial charge in [0.1, 0.15) is 12.7 Å². The van der Waals surface area contributed by atoms with Crippen LogP contribution >= 0.6 is 0 Å². The Labute approximate surface area is 121 Å². The van der Waals surface area contributed by atoms with E-state index in [1.54, 1.807) is 18.2 Å². The molecule has 0 radical (unpaired) electrons. The quantitative estimate of drug-likeness (QED) is 0.872. The summed E-state index contributed by atoms with van der Waals surface area (Å²) in [5, 5.41) is 15.8. The van der Waals surface area contributed by atoms with Gasteiger partial charge in [-0.05, 0) is 26.0 Å². The number of nitrogens with zero attached hydrogens (tertiary/aromatic N) is 3. The monoisotopic (exact) mass is 288 g/mol. The molecular formula is C14H16N4O3. The molecule has 2 rings (SSSR count). The van der Waals surface area contributed by atoms with Crippen LogP contribution in [0.15, 0.2) is 36.9 Å². The van der Waals surface area contributed by atoms with Crippen LogP contribution in [-0.2, 0) is 9.59 Å². The number of aromatic nitrogens is 3. The lowest BCUT2D eigenvalue weighted by molar-refractivity contribution is -0.148. The maximum Gasteiger partial charge on any atom is 0.309 e. The molecule has 7 nitrogen and oxygen atoms in total. The van der Waals surface area contributed by atoms with Crippen LogP contribution in [-0.4, -0.2) is 31.7 Å². The lowest BCUT2D eigenvalue weighted by Crippen LogP contribution is -2.29. The fraction of sp³-hybridized carbons (Fsp3) is 0.286. The van der Waals surface area contributed by atoms with E-state index in [1.165, 1.54) is 31.2 Å². The van der Waals surface area contributed by atoms with E-state index in [0.29, 0.717) is 11.4 Å². The number of hydrogen-bond donors (Lipinski definition) is 2. The highest BCUT2D eigenvalue weighted by Crippen LogP contribution is 2.23. The smallest absolute Gasteiger partial charge is 0.309 e. The first kappa shape index (κ1) is 14.7. The predicted molar refractivity (Wildman–Crippen MR) is 76.0 cm³/mol. The normalized spacial score (nSPS) is 11.1. The van der Waals surface area contributed by atoms with E-state index in [1.807, 2.05) is 6.07 Å². The molecule has 0 fully saturated rings. The van der Waals surface area contributed by atoms with E-state index in [-0.39, 0.29) is 12.3 Å². The Kier molecular flexibility index (Phi) is 4.02. The Bertz CT molecular complexity index is 650. The highest BCUT2D eigenvalue weighted by atomic mass is 16.4. The number of rotatable bonds is 5. The van der Waals surface area contributed by atoms with E-state index in [2.05, 4.69) is 15.4 Å². The minimum Gasteiger partial charge on any atom is -0.481 e. The molecule has 1 aromatic carbocycles. The topological polar surface area (TPSA) is 97.1 Å². The van der Waals surface area contributed by atoms with Crippen molar-refractivity contribution in [3.8, 4) is 5.69 Å². The molecule has 2 aromatic rings. The summed E-state index contributed by atoms with van der Waals surface area (Å²) in [4.78, 5) is 27.0. The fourth-order valence-electron chi connectivity index (χ4n) is 1.78. The average molecular weight is 288 g/mol. The van der Waals surface area contributed by atoms with Gasteiger partial charge in [-0.2, -0.15) is 5.10 Å². The number of nitrogens with one attached hydrogen (secondary N) is 1. The van der Waals surface area contributed by atoms with Crippen molar-refractivity contribution in [2.75, 3.05) is 5.32 Å². The molecule has 1 heterocycles. The van der Waals surface area contributed by atoms with Gasteiger partial charge in [-0.25, -0.2) is 9.67 Å². The van der Waals surface area contributed by atoms with E-state index < -0.39 is 11.4 Å². The minimum absolute atomic E-state index is 0.117. The largest absolute Gasteiger partial charge is 0.481 e. The Balaban J connectivity index is 2.17. The molecule has 0 aliphatic rings. The van der Waals surface area contributed by atoms with Crippen molar-refractivity contribution in [1.29, 1.82) is 0 Å². The summed E-state index contributed by atoms with van der Waals surface area (Å²) < 4.78 is 1.53. The second-order valence-corrected chi connectivity index (χ2v) is 5.27. The van der Waals surface area contributed by atoms with Gasteiger partial charge in [0.2, 0.25) is 5.91 Å². The number of carboxylic acids is 1. The Morgan fingerprint density at radius 3 is 2.67 bits per heavy atom. The standard InChI is InChI=1S/C14H16N4O3/c1-14(2,13(20)21)7-12(19)17-10-5-3-4-6-11(10)18-9-15-8-16-18/h3-6,8-9H,7H2,1-2H3,(H,17,19)(H,20,21).